The largest absolute Gasteiger partial charge is 0.368 e. The number of nitrogens with zero attached hydrogens (tertiary/aromatic N) is 2. The highest BCUT2D eigenvalue weighted by atomic mass is 16.5. The number of benzene rings is 1. The zero-order valence-electron chi connectivity index (χ0n) is 20.5. The van der Waals surface area contributed by atoms with Gasteiger partial charge in [-0.3, -0.25) is 14.4 Å². The van der Waals surface area contributed by atoms with Gasteiger partial charge in [0.05, 0.1) is 6.10 Å². The maximum absolute atomic E-state index is 13.7. The van der Waals surface area contributed by atoms with Crippen molar-refractivity contribution in [1.29, 1.82) is 0 Å². The summed E-state index contributed by atoms with van der Waals surface area (Å²) >= 11 is 0. The Morgan fingerprint density at radius 3 is 2.29 bits per heavy atom. The molecule has 0 radical (unpaired) electrons. The molecule has 35 heavy (non-hydrogen) atoms. The van der Waals surface area contributed by atoms with Crippen LogP contribution in [-0.4, -0.2) is 77.4 Å². The zero-order valence-corrected chi connectivity index (χ0v) is 20.5. The van der Waals surface area contributed by atoms with Crippen LogP contribution in [0.1, 0.15) is 86.0 Å². The van der Waals surface area contributed by atoms with E-state index in [0.717, 1.165) is 18.9 Å². The predicted molar refractivity (Wildman–Crippen MR) is 131 cm³/mol. The van der Waals surface area contributed by atoms with Crippen LogP contribution in [0.15, 0.2) is 24.3 Å². The highest BCUT2D eigenvalue weighted by Crippen LogP contribution is 2.37. The Balaban J connectivity index is 1.11. The van der Waals surface area contributed by atoms with E-state index in [4.69, 9.17) is 4.74 Å². The summed E-state index contributed by atoms with van der Waals surface area (Å²) in [6, 6.07) is 8.36. The van der Waals surface area contributed by atoms with Gasteiger partial charge >= 0.3 is 0 Å². The fourth-order valence-electron chi connectivity index (χ4n) is 7.01. The topological polar surface area (TPSA) is 79.0 Å². The van der Waals surface area contributed by atoms with Crippen LogP contribution in [0.4, 0.5) is 0 Å². The molecule has 188 valence electrons. The number of ketones is 1. The first-order valence-corrected chi connectivity index (χ1v) is 13.7. The number of Topliss-reactive ketones (excluding diaryl/α,β-unsaturated/α-hetero) is 1. The van der Waals surface area contributed by atoms with Crippen LogP contribution in [0.2, 0.25) is 0 Å². The molecular formula is C28H37N3O4. The first kappa shape index (κ1) is 23.2. The number of nitrogens with one attached hydrogen (secondary N) is 1. The number of hydrogen-bond acceptors (Lipinski definition) is 5. The molecule has 6 rings (SSSR count). The summed E-state index contributed by atoms with van der Waals surface area (Å²) in [5.74, 6) is 0.232. The number of piperidine rings is 1. The first-order valence-electron chi connectivity index (χ1n) is 13.7. The number of fused-ring (bicyclic) bond motifs is 1. The molecule has 1 aromatic carbocycles. The standard InChI is InChI=1S/C28H37N3O4/c32-23-18-35-24-12-17-31(25(23)24)27(34)28(13-1-2-14-28)29-26(33)21-8-6-19(7-9-21)20-10-15-30(16-11-20)22-4-3-5-22/h6-9,20,22,24-25H,1-5,10-18H2,(H,29,33)/t24-,25-/m1/s1. The summed E-state index contributed by atoms with van der Waals surface area (Å²) in [7, 11) is 0. The van der Waals surface area contributed by atoms with Crippen molar-refractivity contribution in [3.63, 3.8) is 0 Å². The van der Waals surface area contributed by atoms with Crippen molar-refractivity contribution in [1.82, 2.24) is 15.1 Å². The smallest absolute Gasteiger partial charge is 0.252 e. The van der Waals surface area contributed by atoms with Gasteiger partial charge in [0.15, 0.2) is 5.78 Å². The van der Waals surface area contributed by atoms with E-state index >= 15 is 0 Å². The highest BCUT2D eigenvalue weighted by Gasteiger charge is 2.53. The van der Waals surface area contributed by atoms with Gasteiger partial charge in [0.25, 0.3) is 5.91 Å². The quantitative estimate of drug-likeness (QED) is 0.702. The van der Waals surface area contributed by atoms with Crippen LogP contribution in [0, 0.1) is 0 Å². The molecule has 2 aliphatic carbocycles. The van der Waals surface area contributed by atoms with E-state index in [0.29, 0.717) is 37.3 Å². The second kappa shape index (κ2) is 9.32. The molecule has 3 aliphatic heterocycles. The third-order valence-electron chi connectivity index (χ3n) is 9.36. The number of carbonyl (C=O) groups is 3. The highest BCUT2D eigenvalue weighted by molar-refractivity contribution is 6.01. The Morgan fingerprint density at radius 1 is 0.914 bits per heavy atom. The molecule has 0 spiro atoms. The lowest BCUT2D eigenvalue weighted by molar-refractivity contribution is -0.142. The molecular weight excluding hydrogens is 442 g/mol. The van der Waals surface area contributed by atoms with Crippen LogP contribution in [-0.2, 0) is 14.3 Å². The van der Waals surface area contributed by atoms with E-state index in [1.807, 2.05) is 12.1 Å². The van der Waals surface area contributed by atoms with E-state index in [1.165, 1.54) is 50.8 Å². The lowest BCUT2D eigenvalue weighted by atomic mass is 9.85. The van der Waals surface area contributed by atoms with Crippen molar-refractivity contribution in [2.45, 2.75) is 93.9 Å². The van der Waals surface area contributed by atoms with Crippen LogP contribution in [0.3, 0.4) is 0 Å². The number of ether oxygens (including phenoxy) is 1. The maximum Gasteiger partial charge on any atom is 0.252 e. The molecule has 0 bridgehead atoms. The van der Waals surface area contributed by atoms with Gasteiger partial charge in [-0.05, 0) is 81.6 Å². The summed E-state index contributed by atoms with van der Waals surface area (Å²) in [5.41, 5.74) is 0.991. The van der Waals surface area contributed by atoms with E-state index in [-0.39, 0.29) is 30.3 Å². The summed E-state index contributed by atoms with van der Waals surface area (Å²) in [6.07, 6.45) is 10.0. The molecule has 1 N–H and O–H groups in total. The summed E-state index contributed by atoms with van der Waals surface area (Å²) < 4.78 is 5.57. The Labute approximate surface area is 207 Å². The minimum absolute atomic E-state index is 0.0190. The van der Waals surface area contributed by atoms with Crippen molar-refractivity contribution in [2.75, 3.05) is 26.2 Å². The molecule has 5 fully saturated rings. The van der Waals surface area contributed by atoms with Crippen molar-refractivity contribution >= 4 is 17.6 Å². The third kappa shape index (κ3) is 4.20. The molecule has 0 aromatic heterocycles. The summed E-state index contributed by atoms with van der Waals surface area (Å²) in [6.45, 7) is 2.96. The predicted octanol–water partition coefficient (Wildman–Crippen LogP) is 3.03. The van der Waals surface area contributed by atoms with E-state index < -0.39 is 11.6 Å². The van der Waals surface area contributed by atoms with Gasteiger partial charge in [-0.25, -0.2) is 0 Å². The molecule has 2 atom stereocenters. The van der Waals surface area contributed by atoms with Crippen molar-refractivity contribution < 1.29 is 19.1 Å². The average Bonchev–Trinajstić information content (AvgIpc) is 3.57. The molecule has 0 unspecified atom stereocenters. The third-order valence-corrected chi connectivity index (χ3v) is 9.36. The minimum Gasteiger partial charge on any atom is -0.368 e. The van der Waals surface area contributed by atoms with Crippen molar-refractivity contribution in [3.05, 3.63) is 35.4 Å². The lowest BCUT2D eigenvalue weighted by Gasteiger charge is -2.42. The van der Waals surface area contributed by atoms with Crippen LogP contribution in [0.5, 0.6) is 0 Å². The van der Waals surface area contributed by atoms with E-state index in [1.54, 1.807) is 4.90 Å². The van der Waals surface area contributed by atoms with Gasteiger partial charge in [-0.2, -0.15) is 0 Å². The van der Waals surface area contributed by atoms with Gasteiger partial charge < -0.3 is 19.9 Å². The normalized spacial score (nSPS) is 29.3. The molecule has 3 saturated heterocycles. The SMILES string of the molecule is O=C(NC1(C(=O)N2CC[C@H]3OCC(=O)[C@H]32)CCCC1)c1ccc(C2CCN(C3CCC3)CC2)cc1. The Kier molecular flexibility index (Phi) is 6.17. The van der Waals surface area contributed by atoms with Gasteiger partial charge in [-0.1, -0.05) is 31.4 Å². The Morgan fingerprint density at radius 2 is 1.63 bits per heavy atom. The number of carbonyl (C=O) groups excluding carboxylic acids is 3. The number of likely N-dealkylation sites (tertiary alicyclic amines) is 2. The second-order valence-electron chi connectivity index (χ2n) is 11.3. The molecule has 2 saturated carbocycles. The Bertz CT molecular complexity index is 974. The van der Waals surface area contributed by atoms with E-state index in [9.17, 15) is 14.4 Å². The molecule has 2 amide bonds. The van der Waals surface area contributed by atoms with Crippen LogP contribution in [0.25, 0.3) is 0 Å². The van der Waals surface area contributed by atoms with Crippen molar-refractivity contribution in [2.24, 2.45) is 0 Å². The molecule has 1 aromatic rings. The number of hydrogen-bond donors (Lipinski definition) is 1. The number of amides is 2. The molecule has 3 heterocycles. The minimum atomic E-state index is -0.915. The van der Waals surface area contributed by atoms with Gasteiger partial charge in [0, 0.05) is 18.2 Å². The fraction of sp³-hybridized carbons (Fsp3) is 0.679. The second-order valence-corrected chi connectivity index (χ2v) is 11.3. The van der Waals surface area contributed by atoms with Crippen LogP contribution < -0.4 is 5.32 Å². The van der Waals surface area contributed by atoms with Crippen molar-refractivity contribution in [3.8, 4) is 0 Å². The van der Waals surface area contributed by atoms with Gasteiger partial charge in [-0.15, -0.1) is 0 Å². The monoisotopic (exact) mass is 479 g/mol. The summed E-state index contributed by atoms with van der Waals surface area (Å²) in [4.78, 5) is 43.7. The van der Waals surface area contributed by atoms with Crippen LogP contribution >= 0.6 is 0 Å². The average molecular weight is 480 g/mol. The van der Waals surface area contributed by atoms with Gasteiger partial charge in [0.2, 0.25) is 5.91 Å². The molecule has 7 nitrogen and oxygen atoms in total. The van der Waals surface area contributed by atoms with E-state index in [2.05, 4.69) is 22.3 Å². The Hall–Kier alpha value is -2.25. The molecule has 5 aliphatic rings. The number of rotatable bonds is 5. The molecule has 7 heteroatoms. The zero-order chi connectivity index (χ0) is 24.0. The maximum atomic E-state index is 13.7. The van der Waals surface area contributed by atoms with Gasteiger partial charge in [0.1, 0.15) is 18.2 Å². The summed E-state index contributed by atoms with van der Waals surface area (Å²) in [5, 5.41) is 3.12. The fourth-order valence-corrected chi connectivity index (χ4v) is 7.01. The first-order chi connectivity index (χ1) is 17.0. The lowest BCUT2D eigenvalue weighted by Crippen LogP contribution is -2.60.